The predicted octanol–water partition coefficient (Wildman–Crippen LogP) is -1.02. The fourth-order valence-corrected chi connectivity index (χ4v) is 2.34. The van der Waals surface area contributed by atoms with E-state index in [-0.39, 0.29) is 33.9 Å². The topological polar surface area (TPSA) is 65.5 Å². The minimum absolute atomic E-state index is 0. The number of non-ortho nitro benzene ring substituents is 1. The van der Waals surface area contributed by atoms with E-state index in [1.165, 1.54) is 6.07 Å². The van der Waals surface area contributed by atoms with Crippen molar-refractivity contribution >= 4 is 5.69 Å². The summed E-state index contributed by atoms with van der Waals surface area (Å²) in [6.07, 6.45) is 1.55. The van der Waals surface area contributed by atoms with E-state index < -0.39 is 0 Å². The average Bonchev–Trinajstić information content (AvgIpc) is 3.02. The number of nitrogens with zero attached hydrogens (tertiary/aromatic N) is 2. The highest BCUT2D eigenvalue weighted by Crippen LogP contribution is 2.20. The number of halogens is 1. The molecule has 22 heavy (non-hydrogen) atoms. The van der Waals surface area contributed by atoms with E-state index in [1.807, 2.05) is 35.0 Å². The zero-order valence-corrected chi connectivity index (χ0v) is 13.3. The quantitative estimate of drug-likeness (QED) is 0.394. The zero-order chi connectivity index (χ0) is 14.7. The summed E-state index contributed by atoms with van der Waals surface area (Å²) in [5.74, 6) is 0. The Kier molecular flexibility index (Phi) is 5.59. The first-order valence-corrected chi connectivity index (χ1v) is 6.69. The lowest BCUT2D eigenvalue weighted by Crippen LogP contribution is -3.00. The van der Waals surface area contributed by atoms with Crippen LogP contribution in [0, 0.1) is 10.1 Å². The number of nitro groups is 1. The molecule has 0 bridgehead atoms. The molecule has 3 rings (SSSR count). The maximum atomic E-state index is 10.8. The van der Waals surface area contributed by atoms with Gasteiger partial charge < -0.3 is 26.5 Å². The van der Waals surface area contributed by atoms with Crippen molar-refractivity contribution in [3.63, 3.8) is 0 Å². The van der Waals surface area contributed by atoms with Gasteiger partial charge >= 0.3 is 0 Å². The minimum atomic E-state index is -0.386. The summed E-state index contributed by atoms with van der Waals surface area (Å²) in [7, 11) is 0. The number of rotatable bonds is 4. The van der Waals surface area contributed by atoms with Crippen molar-refractivity contribution in [2.45, 2.75) is 12.8 Å². The summed E-state index contributed by atoms with van der Waals surface area (Å²) in [6.45, 7) is 1.69. The van der Waals surface area contributed by atoms with Crippen LogP contribution in [0.4, 0.5) is 5.69 Å². The van der Waals surface area contributed by atoms with Crippen LogP contribution in [0.5, 0.6) is 0 Å². The molecule has 0 unspecified atom stereocenters. The van der Waals surface area contributed by atoms with Crippen molar-refractivity contribution in [3.8, 4) is 0 Å². The fourth-order valence-electron chi connectivity index (χ4n) is 2.34. The molecule has 1 aromatic heterocycles. The van der Waals surface area contributed by atoms with Crippen molar-refractivity contribution in [1.29, 1.82) is 0 Å². The third kappa shape index (κ3) is 3.68. The van der Waals surface area contributed by atoms with Gasteiger partial charge in [-0.3, -0.25) is 10.1 Å². The Balaban J connectivity index is 0.00000176. The SMILES string of the molecule is O=[N+]([O-])c1cccc(C[n+]2ccccc2C2OCCO2)c1.[Br-]. The summed E-state index contributed by atoms with van der Waals surface area (Å²) in [6, 6.07) is 12.4. The molecular formula is C15H15BrN2O4. The molecule has 0 saturated carbocycles. The van der Waals surface area contributed by atoms with Crippen LogP contribution in [0.15, 0.2) is 48.7 Å². The largest absolute Gasteiger partial charge is 1.00 e. The molecule has 7 heteroatoms. The molecule has 0 amide bonds. The molecule has 2 heterocycles. The first kappa shape index (κ1) is 16.5. The second-order valence-corrected chi connectivity index (χ2v) is 4.75. The van der Waals surface area contributed by atoms with Gasteiger partial charge in [0.25, 0.3) is 5.69 Å². The van der Waals surface area contributed by atoms with Crippen LogP contribution >= 0.6 is 0 Å². The van der Waals surface area contributed by atoms with E-state index in [0.717, 1.165) is 11.3 Å². The predicted molar refractivity (Wildman–Crippen MR) is 73.5 cm³/mol. The van der Waals surface area contributed by atoms with E-state index in [1.54, 1.807) is 12.1 Å². The maximum absolute atomic E-state index is 10.8. The molecule has 1 saturated heterocycles. The Morgan fingerprint density at radius 3 is 2.68 bits per heavy atom. The molecule has 6 nitrogen and oxygen atoms in total. The summed E-state index contributed by atoms with van der Waals surface area (Å²) in [5, 5.41) is 10.8. The molecule has 0 N–H and O–H groups in total. The number of aromatic nitrogens is 1. The number of ether oxygens (including phenoxy) is 2. The molecule has 2 aromatic rings. The van der Waals surface area contributed by atoms with Crippen LogP contribution in [0.3, 0.4) is 0 Å². The first-order valence-electron chi connectivity index (χ1n) is 6.69. The van der Waals surface area contributed by atoms with Crippen LogP contribution in [0.25, 0.3) is 0 Å². The Labute approximate surface area is 138 Å². The first-order chi connectivity index (χ1) is 10.2. The highest BCUT2D eigenvalue weighted by Gasteiger charge is 2.27. The number of pyridine rings is 1. The molecule has 1 aliphatic rings. The van der Waals surface area contributed by atoms with Gasteiger partial charge in [-0.2, -0.15) is 4.57 Å². The summed E-state index contributed by atoms with van der Waals surface area (Å²) in [4.78, 5) is 10.5. The Morgan fingerprint density at radius 2 is 1.95 bits per heavy atom. The molecular weight excluding hydrogens is 352 g/mol. The second kappa shape index (κ2) is 7.44. The number of hydrogen-bond acceptors (Lipinski definition) is 4. The summed E-state index contributed by atoms with van der Waals surface area (Å²) < 4.78 is 13.0. The van der Waals surface area contributed by atoms with Crippen LogP contribution in [-0.2, 0) is 16.0 Å². The van der Waals surface area contributed by atoms with Crippen molar-refractivity contribution in [1.82, 2.24) is 0 Å². The Bertz CT molecular complexity index is 659. The van der Waals surface area contributed by atoms with Crippen molar-refractivity contribution < 1.29 is 35.9 Å². The fraction of sp³-hybridized carbons (Fsp3) is 0.267. The molecule has 0 spiro atoms. The van der Waals surface area contributed by atoms with Gasteiger partial charge in [0, 0.05) is 29.8 Å². The average molecular weight is 367 g/mol. The number of nitro benzene ring substituents is 1. The van der Waals surface area contributed by atoms with Gasteiger partial charge in [0.2, 0.25) is 12.0 Å². The minimum Gasteiger partial charge on any atom is -1.00 e. The maximum Gasteiger partial charge on any atom is 0.269 e. The molecule has 0 radical (unpaired) electrons. The van der Waals surface area contributed by atoms with E-state index in [2.05, 4.69) is 0 Å². The van der Waals surface area contributed by atoms with Crippen molar-refractivity contribution in [3.05, 3.63) is 70.0 Å². The lowest BCUT2D eigenvalue weighted by atomic mass is 10.2. The van der Waals surface area contributed by atoms with Crippen LogP contribution in [0.1, 0.15) is 17.5 Å². The molecule has 0 aliphatic carbocycles. The molecule has 1 fully saturated rings. The molecule has 116 valence electrons. The van der Waals surface area contributed by atoms with Crippen LogP contribution in [-0.4, -0.2) is 18.1 Å². The highest BCUT2D eigenvalue weighted by atomic mass is 79.9. The Hall–Kier alpha value is -1.83. The normalized spacial score (nSPS) is 14.5. The molecule has 0 atom stereocenters. The third-order valence-electron chi connectivity index (χ3n) is 3.31. The van der Waals surface area contributed by atoms with Gasteiger partial charge in [-0.05, 0) is 6.07 Å². The van der Waals surface area contributed by atoms with Gasteiger partial charge in [0.15, 0.2) is 12.7 Å². The van der Waals surface area contributed by atoms with Gasteiger partial charge in [0.05, 0.1) is 18.1 Å². The highest BCUT2D eigenvalue weighted by molar-refractivity contribution is 5.33. The van der Waals surface area contributed by atoms with Crippen molar-refractivity contribution in [2.75, 3.05) is 13.2 Å². The van der Waals surface area contributed by atoms with Crippen molar-refractivity contribution in [2.24, 2.45) is 0 Å². The third-order valence-corrected chi connectivity index (χ3v) is 3.31. The molecule has 1 aliphatic heterocycles. The Morgan fingerprint density at radius 1 is 1.18 bits per heavy atom. The van der Waals surface area contributed by atoms with Crippen LogP contribution in [0.2, 0.25) is 0 Å². The van der Waals surface area contributed by atoms with Gasteiger partial charge in [-0.25, -0.2) is 0 Å². The monoisotopic (exact) mass is 366 g/mol. The summed E-state index contributed by atoms with van der Waals surface area (Å²) >= 11 is 0. The van der Waals surface area contributed by atoms with Gasteiger partial charge in [0.1, 0.15) is 0 Å². The van der Waals surface area contributed by atoms with Crippen LogP contribution < -0.4 is 21.5 Å². The smallest absolute Gasteiger partial charge is 0.269 e. The number of benzene rings is 1. The van der Waals surface area contributed by atoms with Gasteiger partial charge in [-0.1, -0.05) is 12.1 Å². The standard InChI is InChI=1S/C15H15N2O4.BrH/c18-17(19)13-5-3-4-12(10-13)11-16-7-2-1-6-14(16)15-20-8-9-21-15;/h1-7,10,15H,8-9,11H2;1H/q+1;/p-1. The lowest BCUT2D eigenvalue weighted by molar-refractivity contribution is -0.701. The van der Waals surface area contributed by atoms with E-state index in [9.17, 15) is 10.1 Å². The number of hydrogen-bond donors (Lipinski definition) is 0. The lowest BCUT2D eigenvalue weighted by Gasteiger charge is -2.08. The van der Waals surface area contributed by atoms with Gasteiger partial charge in [-0.15, -0.1) is 0 Å². The summed E-state index contributed by atoms with van der Waals surface area (Å²) in [5.41, 5.74) is 1.86. The zero-order valence-electron chi connectivity index (χ0n) is 11.7. The van der Waals surface area contributed by atoms with E-state index >= 15 is 0 Å². The molecule has 1 aromatic carbocycles. The second-order valence-electron chi connectivity index (χ2n) is 4.75. The van der Waals surface area contributed by atoms with E-state index in [4.69, 9.17) is 9.47 Å². The van der Waals surface area contributed by atoms with E-state index in [0.29, 0.717) is 19.8 Å².